The summed E-state index contributed by atoms with van der Waals surface area (Å²) in [6.07, 6.45) is -2.21. The molecule has 2 aromatic carbocycles. The fourth-order valence-electron chi connectivity index (χ4n) is 3.28. The van der Waals surface area contributed by atoms with Crippen LogP contribution in [0.1, 0.15) is 24.0 Å². The highest BCUT2D eigenvalue weighted by molar-refractivity contribution is 7.92. The van der Waals surface area contributed by atoms with E-state index in [2.05, 4.69) is 4.72 Å². The number of rotatable bonds is 4. The van der Waals surface area contributed by atoms with Crippen LogP contribution in [0.25, 0.3) is 0 Å². The number of hydrogen-bond donors (Lipinski definition) is 1. The zero-order valence-corrected chi connectivity index (χ0v) is 15.5. The molecule has 1 N–H and O–H groups in total. The summed E-state index contributed by atoms with van der Waals surface area (Å²) in [6.45, 7) is 0.550. The maximum atomic E-state index is 12.9. The Bertz CT molecular complexity index is 1050. The van der Waals surface area contributed by atoms with Crippen molar-refractivity contribution in [1.82, 2.24) is 0 Å². The van der Waals surface area contributed by atoms with E-state index in [1.54, 1.807) is 23.1 Å². The molecule has 4 rings (SSSR count). The molecule has 1 amide bonds. The fourth-order valence-corrected chi connectivity index (χ4v) is 4.37. The third-order valence-corrected chi connectivity index (χ3v) is 6.28. The highest BCUT2D eigenvalue weighted by atomic mass is 32.2. The average Bonchev–Trinajstić information content (AvgIpc) is 3.40. The van der Waals surface area contributed by atoms with E-state index in [1.807, 2.05) is 0 Å². The predicted octanol–water partition coefficient (Wildman–Crippen LogP) is 3.81. The van der Waals surface area contributed by atoms with Crippen LogP contribution in [-0.4, -0.2) is 20.9 Å². The summed E-state index contributed by atoms with van der Waals surface area (Å²) in [6, 6.07) is 8.42. The summed E-state index contributed by atoms with van der Waals surface area (Å²) < 4.78 is 66.0. The van der Waals surface area contributed by atoms with Crippen LogP contribution in [0.15, 0.2) is 47.4 Å². The standard InChI is InChI=1S/C19H17F3N2O3S/c20-19(21,22)14-2-1-3-16(10-14)28(26,27)23-15-7-6-12-8-9-24(17(12)11-15)18(25)13-4-5-13/h1-3,6-7,10-11,13,23H,4-5,8-9H2. The van der Waals surface area contributed by atoms with Gasteiger partial charge in [0.15, 0.2) is 0 Å². The summed E-state index contributed by atoms with van der Waals surface area (Å²) in [5.41, 5.74) is 0.759. The normalized spacial score (nSPS) is 16.8. The number of anilines is 2. The van der Waals surface area contributed by atoms with Crippen LogP contribution in [0.2, 0.25) is 0 Å². The van der Waals surface area contributed by atoms with Gasteiger partial charge in [-0.25, -0.2) is 8.42 Å². The van der Waals surface area contributed by atoms with E-state index in [-0.39, 0.29) is 17.5 Å². The van der Waals surface area contributed by atoms with Crippen molar-refractivity contribution in [3.8, 4) is 0 Å². The van der Waals surface area contributed by atoms with Crippen molar-refractivity contribution >= 4 is 27.3 Å². The summed E-state index contributed by atoms with van der Waals surface area (Å²) >= 11 is 0. The molecular formula is C19H17F3N2O3S. The molecule has 0 saturated heterocycles. The minimum absolute atomic E-state index is 0.0383. The number of carbonyl (C=O) groups excluding carboxylic acids is 1. The number of halogens is 3. The first-order chi connectivity index (χ1) is 13.1. The van der Waals surface area contributed by atoms with E-state index in [9.17, 15) is 26.4 Å². The van der Waals surface area contributed by atoms with Gasteiger partial charge in [0.1, 0.15) is 0 Å². The second-order valence-electron chi connectivity index (χ2n) is 6.99. The van der Waals surface area contributed by atoms with Crippen molar-refractivity contribution in [2.75, 3.05) is 16.2 Å². The SMILES string of the molecule is O=C(C1CC1)N1CCc2ccc(NS(=O)(=O)c3cccc(C(F)(F)F)c3)cc21. The Balaban J connectivity index is 1.61. The van der Waals surface area contributed by atoms with E-state index < -0.39 is 26.7 Å². The number of nitrogens with one attached hydrogen (secondary N) is 1. The number of amides is 1. The molecule has 0 aromatic heterocycles. The highest BCUT2D eigenvalue weighted by Crippen LogP contribution is 2.38. The molecule has 1 aliphatic carbocycles. The lowest BCUT2D eigenvalue weighted by Crippen LogP contribution is -2.30. The van der Waals surface area contributed by atoms with Gasteiger partial charge in [-0.1, -0.05) is 12.1 Å². The van der Waals surface area contributed by atoms with Gasteiger partial charge in [-0.3, -0.25) is 9.52 Å². The van der Waals surface area contributed by atoms with E-state index in [0.29, 0.717) is 24.7 Å². The monoisotopic (exact) mass is 410 g/mol. The van der Waals surface area contributed by atoms with Crippen LogP contribution >= 0.6 is 0 Å². The van der Waals surface area contributed by atoms with Crippen LogP contribution in [-0.2, 0) is 27.4 Å². The Labute approximate surface area is 160 Å². The zero-order valence-electron chi connectivity index (χ0n) is 14.7. The Kier molecular flexibility index (Phi) is 4.37. The third kappa shape index (κ3) is 3.58. The van der Waals surface area contributed by atoms with Crippen molar-refractivity contribution in [1.29, 1.82) is 0 Å². The first-order valence-corrected chi connectivity index (χ1v) is 10.3. The van der Waals surface area contributed by atoms with Crippen LogP contribution in [0.5, 0.6) is 0 Å². The quantitative estimate of drug-likeness (QED) is 0.834. The van der Waals surface area contributed by atoms with Gasteiger partial charge < -0.3 is 4.90 Å². The second kappa shape index (κ2) is 6.51. The van der Waals surface area contributed by atoms with E-state index in [1.165, 1.54) is 0 Å². The lowest BCUT2D eigenvalue weighted by Gasteiger charge is -2.18. The lowest BCUT2D eigenvalue weighted by atomic mass is 10.1. The number of benzene rings is 2. The molecule has 2 aromatic rings. The van der Waals surface area contributed by atoms with Gasteiger partial charge in [-0.2, -0.15) is 13.2 Å². The number of sulfonamides is 1. The van der Waals surface area contributed by atoms with E-state index in [0.717, 1.165) is 36.6 Å². The fraction of sp³-hybridized carbons (Fsp3) is 0.316. The summed E-state index contributed by atoms with van der Waals surface area (Å²) in [5.74, 6) is 0.0769. The Hall–Kier alpha value is -2.55. The number of fused-ring (bicyclic) bond motifs is 1. The van der Waals surface area contributed by atoms with Crippen LogP contribution in [0, 0.1) is 5.92 Å². The largest absolute Gasteiger partial charge is 0.416 e. The van der Waals surface area contributed by atoms with E-state index >= 15 is 0 Å². The maximum Gasteiger partial charge on any atom is 0.416 e. The van der Waals surface area contributed by atoms with E-state index in [4.69, 9.17) is 0 Å². The van der Waals surface area contributed by atoms with Gasteiger partial charge in [-0.15, -0.1) is 0 Å². The number of carbonyl (C=O) groups is 1. The van der Waals surface area contributed by atoms with Crippen molar-refractivity contribution in [2.24, 2.45) is 5.92 Å². The van der Waals surface area contributed by atoms with Gasteiger partial charge in [0.25, 0.3) is 10.0 Å². The minimum atomic E-state index is -4.64. The number of hydrogen-bond acceptors (Lipinski definition) is 3. The number of nitrogens with zero attached hydrogens (tertiary/aromatic N) is 1. The molecule has 0 unspecified atom stereocenters. The van der Waals surface area contributed by atoms with Crippen LogP contribution in [0.4, 0.5) is 24.5 Å². The maximum absolute atomic E-state index is 12.9. The average molecular weight is 410 g/mol. The van der Waals surface area contributed by atoms with Crippen LogP contribution in [0.3, 0.4) is 0 Å². The van der Waals surface area contributed by atoms with Gasteiger partial charge in [-0.05, 0) is 55.2 Å². The van der Waals surface area contributed by atoms with Gasteiger partial charge in [0.05, 0.1) is 16.1 Å². The summed E-state index contributed by atoms with van der Waals surface area (Å²) in [7, 11) is -4.21. The van der Waals surface area contributed by atoms with Gasteiger partial charge in [0.2, 0.25) is 5.91 Å². The van der Waals surface area contributed by atoms with Crippen molar-refractivity contribution in [3.63, 3.8) is 0 Å². The lowest BCUT2D eigenvalue weighted by molar-refractivity contribution is -0.137. The Morgan fingerprint density at radius 3 is 2.54 bits per heavy atom. The Morgan fingerprint density at radius 1 is 1.11 bits per heavy atom. The summed E-state index contributed by atoms with van der Waals surface area (Å²) in [5, 5.41) is 0. The number of alkyl halides is 3. The molecule has 148 valence electrons. The molecule has 5 nitrogen and oxygen atoms in total. The Morgan fingerprint density at radius 2 is 1.86 bits per heavy atom. The van der Waals surface area contributed by atoms with Gasteiger partial charge in [0, 0.05) is 18.2 Å². The molecule has 2 aliphatic rings. The molecule has 0 atom stereocenters. The second-order valence-corrected chi connectivity index (χ2v) is 8.67. The molecule has 1 fully saturated rings. The van der Waals surface area contributed by atoms with Crippen molar-refractivity contribution < 1.29 is 26.4 Å². The molecule has 28 heavy (non-hydrogen) atoms. The molecule has 0 radical (unpaired) electrons. The molecule has 0 bridgehead atoms. The van der Waals surface area contributed by atoms with Crippen molar-refractivity contribution in [3.05, 3.63) is 53.6 Å². The molecule has 9 heteroatoms. The molecular weight excluding hydrogens is 393 g/mol. The zero-order chi connectivity index (χ0) is 20.1. The molecule has 0 spiro atoms. The molecule has 1 heterocycles. The first-order valence-electron chi connectivity index (χ1n) is 8.79. The molecule has 1 saturated carbocycles. The highest BCUT2D eigenvalue weighted by Gasteiger charge is 2.36. The predicted molar refractivity (Wildman–Crippen MR) is 97.5 cm³/mol. The topological polar surface area (TPSA) is 66.5 Å². The first kappa shape index (κ1) is 18.8. The minimum Gasteiger partial charge on any atom is -0.312 e. The smallest absolute Gasteiger partial charge is 0.312 e. The van der Waals surface area contributed by atoms with Crippen molar-refractivity contribution in [2.45, 2.75) is 30.3 Å². The van der Waals surface area contributed by atoms with Crippen LogP contribution < -0.4 is 9.62 Å². The molecule has 1 aliphatic heterocycles. The third-order valence-electron chi connectivity index (χ3n) is 4.90. The summed E-state index contributed by atoms with van der Waals surface area (Å²) in [4.78, 5) is 13.6. The van der Waals surface area contributed by atoms with Gasteiger partial charge >= 0.3 is 6.18 Å².